The van der Waals surface area contributed by atoms with Crippen LogP contribution in [0.1, 0.15) is 10.4 Å². The maximum absolute atomic E-state index is 13.1. The lowest BCUT2D eigenvalue weighted by atomic mass is 10.1. The van der Waals surface area contributed by atoms with Crippen molar-refractivity contribution in [3.63, 3.8) is 0 Å². The normalized spacial score (nSPS) is 13.6. The second kappa shape index (κ2) is 10.0. The molecule has 0 aliphatic carbocycles. The van der Waals surface area contributed by atoms with Crippen molar-refractivity contribution < 1.29 is 22.7 Å². The number of urea groups is 1. The van der Waals surface area contributed by atoms with Crippen LogP contribution in [-0.4, -0.2) is 63.0 Å². The standard InChI is InChI=1S/C24H25N5O5S/c1-3-11-26-24(31)27-18-14-29(15-18)23(30)17-9-10-19(20(13-17)34-2)28-35(32,33)21-8-4-6-16-7-5-12-25-22(16)21/h3-10,12-13,18,28H,1,11,14-15H2,2H3,(H2,26,27,31). The fourth-order valence-electron chi connectivity index (χ4n) is 3.72. The van der Waals surface area contributed by atoms with Crippen molar-refractivity contribution in [2.75, 3.05) is 31.5 Å². The number of amides is 3. The molecule has 10 nitrogen and oxygen atoms in total. The van der Waals surface area contributed by atoms with Crippen molar-refractivity contribution in [1.29, 1.82) is 0 Å². The van der Waals surface area contributed by atoms with E-state index in [0.717, 1.165) is 0 Å². The molecule has 1 aromatic heterocycles. The average molecular weight is 496 g/mol. The van der Waals surface area contributed by atoms with Gasteiger partial charge in [0.2, 0.25) is 0 Å². The van der Waals surface area contributed by atoms with Gasteiger partial charge in [-0.25, -0.2) is 13.2 Å². The third-order valence-corrected chi connectivity index (χ3v) is 6.89. The third kappa shape index (κ3) is 5.19. The summed E-state index contributed by atoms with van der Waals surface area (Å²) < 4.78 is 34.2. The highest BCUT2D eigenvalue weighted by atomic mass is 32.2. The minimum absolute atomic E-state index is 0.0362. The number of fused-ring (bicyclic) bond motifs is 1. The number of hydrogen-bond donors (Lipinski definition) is 3. The molecular weight excluding hydrogens is 470 g/mol. The van der Waals surface area contributed by atoms with Crippen molar-refractivity contribution in [2.45, 2.75) is 10.9 Å². The van der Waals surface area contributed by atoms with E-state index >= 15 is 0 Å². The highest BCUT2D eigenvalue weighted by Gasteiger charge is 2.32. The summed E-state index contributed by atoms with van der Waals surface area (Å²) in [6.07, 6.45) is 3.11. The Morgan fingerprint density at radius 2 is 1.97 bits per heavy atom. The molecule has 3 N–H and O–H groups in total. The van der Waals surface area contributed by atoms with E-state index in [1.807, 2.05) is 0 Å². The molecule has 1 aliphatic rings. The number of nitrogens with one attached hydrogen (secondary N) is 3. The van der Waals surface area contributed by atoms with Gasteiger partial charge in [-0.2, -0.15) is 0 Å². The van der Waals surface area contributed by atoms with Crippen molar-refractivity contribution >= 4 is 38.6 Å². The van der Waals surface area contributed by atoms with E-state index in [-0.39, 0.29) is 34.3 Å². The van der Waals surface area contributed by atoms with E-state index in [0.29, 0.717) is 36.1 Å². The molecule has 0 atom stereocenters. The second-order valence-corrected chi connectivity index (χ2v) is 9.55. The van der Waals surface area contributed by atoms with Gasteiger partial charge in [-0.1, -0.05) is 24.3 Å². The number of sulfonamides is 1. The molecule has 3 aromatic rings. The van der Waals surface area contributed by atoms with Crippen molar-refractivity contribution in [3.8, 4) is 5.75 Å². The van der Waals surface area contributed by atoms with Gasteiger partial charge in [-0.15, -0.1) is 6.58 Å². The number of likely N-dealkylation sites (tertiary alicyclic amines) is 1. The fourth-order valence-corrected chi connectivity index (χ4v) is 4.97. The van der Waals surface area contributed by atoms with E-state index in [1.54, 1.807) is 35.2 Å². The van der Waals surface area contributed by atoms with Crippen LogP contribution in [0.15, 0.2) is 72.3 Å². The Labute approximate surface area is 203 Å². The molecule has 3 amide bonds. The zero-order valence-corrected chi connectivity index (χ0v) is 19.8. The Hall–Kier alpha value is -4.12. The number of carbonyl (C=O) groups excluding carboxylic acids is 2. The maximum atomic E-state index is 13.1. The average Bonchev–Trinajstić information content (AvgIpc) is 2.84. The summed E-state index contributed by atoms with van der Waals surface area (Å²) in [5.41, 5.74) is 0.887. The van der Waals surface area contributed by atoms with Gasteiger partial charge in [-0.3, -0.25) is 14.5 Å². The predicted molar refractivity (Wildman–Crippen MR) is 132 cm³/mol. The van der Waals surface area contributed by atoms with Crippen molar-refractivity contribution in [2.24, 2.45) is 0 Å². The summed E-state index contributed by atoms with van der Waals surface area (Å²) in [7, 11) is -2.59. The van der Waals surface area contributed by atoms with E-state index in [2.05, 4.69) is 26.9 Å². The van der Waals surface area contributed by atoms with E-state index in [9.17, 15) is 18.0 Å². The number of nitrogens with zero attached hydrogens (tertiary/aromatic N) is 2. The highest BCUT2D eigenvalue weighted by molar-refractivity contribution is 7.93. The molecule has 11 heteroatoms. The quantitative estimate of drug-likeness (QED) is 0.412. The molecule has 0 saturated carbocycles. The molecule has 4 rings (SSSR count). The Kier molecular flexibility index (Phi) is 6.87. The molecule has 0 radical (unpaired) electrons. The second-order valence-electron chi connectivity index (χ2n) is 7.90. The molecule has 1 saturated heterocycles. The van der Waals surface area contributed by atoms with Crippen LogP contribution >= 0.6 is 0 Å². The molecule has 1 aliphatic heterocycles. The lowest BCUT2D eigenvalue weighted by Crippen LogP contribution is -2.62. The first-order valence-electron chi connectivity index (χ1n) is 10.8. The number of methoxy groups -OCH3 is 1. The smallest absolute Gasteiger partial charge is 0.315 e. The van der Waals surface area contributed by atoms with Gasteiger partial charge < -0.3 is 20.3 Å². The Bertz CT molecular complexity index is 1380. The SMILES string of the molecule is C=CCNC(=O)NC1CN(C(=O)c2ccc(NS(=O)(=O)c3cccc4cccnc34)c(OC)c2)C1. The van der Waals surface area contributed by atoms with Crippen LogP contribution in [0.2, 0.25) is 0 Å². The number of pyridine rings is 1. The fraction of sp³-hybridized carbons (Fsp3) is 0.208. The number of para-hydroxylation sites is 1. The third-order valence-electron chi connectivity index (χ3n) is 5.49. The van der Waals surface area contributed by atoms with Crippen LogP contribution in [0, 0.1) is 0 Å². The predicted octanol–water partition coefficient (Wildman–Crippen LogP) is 2.35. The summed E-state index contributed by atoms with van der Waals surface area (Å²) in [6.45, 7) is 4.62. The number of carbonyl (C=O) groups is 2. The van der Waals surface area contributed by atoms with Gasteiger partial charge in [-0.05, 0) is 30.3 Å². The van der Waals surface area contributed by atoms with Crippen LogP contribution in [0.4, 0.5) is 10.5 Å². The van der Waals surface area contributed by atoms with Gasteiger partial charge in [0.05, 0.1) is 24.4 Å². The zero-order chi connectivity index (χ0) is 25.0. The number of anilines is 1. The summed E-state index contributed by atoms with van der Waals surface area (Å²) >= 11 is 0. The molecule has 2 aromatic carbocycles. The number of aromatic nitrogens is 1. The summed E-state index contributed by atoms with van der Waals surface area (Å²) in [6, 6.07) is 12.5. The lowest BCUT2D eigenvalue weighted by Gasteiger charge is -2.39. The number of benzene rings is 2. The van der Waals surface area contributed by atoms with Crippen LogP contribution in [-0.2, 0) is 10.0 Å². The Morgan fingerprint density at radius 3 is 2.71 bits per heavy atom. The monoisotopic (exact) mass is 495 g/mol. The maximum Gasteiger partial charge on any atom is 0.315 e. The van der Waals surface area contributed by atoms with Crippen LogP contribution < -0.4 is 20.1 Å². The number of hydrogen-bond acceptors (Lipinski definition) is 6. The summed E-state index contributed by atoms with van der Waals surface area (Å²) in [4.78, 5) is 30.4. The summed E-state index contributed by atoms with van der Waals surface area (Å²) in [5.74, 6) is -0.0490. The van der Waals surface area contributed by atoms with Gasteiger partial charge >= 0.3 is 6.03 Å². The minimum Gasteiger partial charge on any atom is -0.495 e. The van der Waals surface area contributed by atoms with Crippen LogP contribution in [0.25, 0.3) is 10.9 Å². The molecule has 2 heterocycles. The molecule has 0 bridgehead atoms. The van der Waals surface area contributed by atoms with E-state index in [4.69, 9.17) is 4.74 Å². The van der Waals surface area contributed by atoms with Gasteiger partial charge in [0.25, 0.3) is 15.9 Å². The van der Waals surface area contributed by atoms with Gasteiger partial charge in [0.15, 0.2) is 0 Å². The first-order valence-corrected chi connectivity index (χ1v) is 12.3. The molecule has 35 heavy (non-hydrogen) atoms. The molecule has 1 fully saturated rings. The molecule has 0 spiro atoms. The molecule has 182 valence electrons. The van der Waals surface area contributed by atoms with Gasteiger partial charge in [0, 0.05) is 36.8 Å². The van der Waals surface area contributed by atoms with Crippen LogP contribution in [0.3, 0.4) is 0 Å². The first-order chi connectivity index (χ1) is 16.8. The zero-order valence-electron chi connectivity index (χ0n) is 19.0. The minimum atomic E-state index is -3.98. The topological polar surface area (TPSA) is 130 Å². The van der Waals surface area contributed by atoms with E-state index < -0.39 is 10.0 Å². The summed E-state index contributed by atoms with van der Waals surface area (Å²) in [5, 5.41) is 6.09. The van der Waals surface area contributed by atoms with Gasteiger partial charge in [0.1, 0.15) is 10.6 Å². The lowest BCUT2D eigenvalue weighted by molar-refractivity contribution is 0.0577. The molecular formula is C24H25N5O5S. The highest BCUT2D eigenvalue weighted by Crippen LogP contribution is 2.30. The number of ether oxygens (including phenoxy) is 1. The first kappa shape index (κ1) is 24.0. The van der Waals surface area contributed by atoms with Crippen LogP contribution in [0.5, 0.6) is 5.75 Å². The Morgan fingerprint density at radius 1 is 1.20 bits per heavy atom. The Balaban J connectivity index is 1.47. The molecule has 0 unspecified atom stereocenters. The largest absolute Gasteiger partial charge is 0.495 e. The van der Waals surface area contributed by atoms with Crippen molar-refractivity contribution in [3.05, 3.63) is 72.9 Å². The van der Waals surface area contributed by atoms with E-state index in [1.165, 1.54) is 37.6 Å². The number of rotatable bonds is 8. The van der Waals surface area contributed by atoms with Crippen molar-refractivity contribution in [1.82, 2.24) is 20.5 Å².